The van der Waals surface area contributed by atoms with E-state index in [1.54, 1.807) is 0 Å². The maximum Gasteiger partial charge on any atom is 0.218 e. The molecule has 0 bridgehead atoms. The van der Waals surface area contributed by atoms with Crippen molar-refractivity contribution in [3.8, 4) is 5.88 Å². The second-order valence-corrected chi connectivity index (χ2v) is 5.10. The minimum absolute atomic E-state index is 0.137. The Morgan fingerprint density at radius 1 is 1.58 bits per heavy atom. The smallest absolute Gasteiger partial charge is 0.218 e. The van der Waals surface area contributed by atoms with Gasteiger partial charge in [0.05, 0.1) is 12.3 Å². The first-order valence-corrected chi connectivity index (χ1v) is 6.77. The number of halogens is 1. The van der Waals surface area contributed by atoms with Gasteiger partial charge in [-0.15, -0.1) is 0 Å². The average Bonchev–Trinajstić information content (AvgIpc) is 2.88. The van der Waals surface area contributed by atoms with Gasteiger partial charge in [-0.05, 0) is 18.9 Å². The van der Waals surface area contributed by atoms with Gasteiger partial charge in [-0.3, -0.25) is 0 Å². The fraction of sp³-hybridized carbons (Fsp3) is 0.643. The first-order valence-electron chi connectivity index (χ1n) is 6.77. The highest BCUT2D eigenvalue weighted by Crippen LogP contribution is 2.19. The van der Waals surface area contributed by atoms with E-state index in [1.165, 1.54) is 12.3 Å². The van der Waals surface area contributed by atoms with Gasteiger partial charge < -0.3 is 14.8 Å². The Morgan fingerprint density at radius 3 is 3.11 bits per heavy atom. The minimum Gasteiger partial charge on any atom is -0.475 e. The summed E-state index contributed by atoms with van der Waals surface area (Å²) < 4.78 is 24.4. The van der Waals surface area contributed by atoms with E-state index in [-0.39, 0.29) is 11.9 Å². The van der Waals surface area contributed by atoms with Gasteiger partial charge >= 0.3 is 0 Å². The predicted octanol–water partition coefficient (Wildman–Crippen LogP) is 2.28. The summed E-state index contributed by atoms with van der Waals surface area (Å²) in [6, 6.07) is 1.79. The van der Waals surface area contributed by atoms with Crippen LogP contribution in [0, 0.1) is 5.82 Å². The molecule has 0 aliphatic carbocycles. The molecule has 1 saturated heterocycles. The molecule has 1 fully saturated rings. The lowest BCUT2D eigenvalue weighted by molar-refractivity contribution is 0.0658. The molecule has 0 spiro atoms. The third-order valence-electron chi connectivity index (χ3n) is 3.02. The quantitative estimate of drug-likeness (QED) is 0.859. The van der Waals surface area contributed by atoms with Crippen molar-refractivity contribution >= 4 is 0 Å². The molecule has 2 heterocycles. The van der Waals surface area contributed by atoms with Gasteiger partial charge in [0, 0.05) is 24.8 Å². The number of hydrogen-bond acceptors (Lipinski definition) is 4. The summed E-state index contributed by atoms with van der Waals surface area (Å²) in [4.78, 5) is 4.02. The van der Waals surface area contributed by atoms with Crippen LogP contribution in [0.1, 0.15) is 32.3 Å². The first-order chi connectivity index (χ1) is 9.15. The SMILES string of the molecule is CC(C)NCc1cc(F)cnc1OCC1CCCO1. The van der Waals surface area contributed by atoms with Crippen LogP contribution < -0.4 is 10.1 Å². The molecule has 1 aromatic rings. The van der Waals surface area contributed by atoms with E-state index >= 15 is 0 Å². The number of aromatic nitrogens is 1. The molecule has 0 radical (unpaired) electrons. The summed E-state index contributed by atoms with van der Waals surface area (Å²) in [5, 5.41) is 3.24. The lowest BCUT2D eigenvalue weighted by Crippen LogP contribution is -2.23. The normalized spacial score (nSPS) is 19.1. The summed E-state index contributed by atoms with van der Waals surface area (Å²) in [6.45, 7) is 5.91. The van der Waals surface area contributed by atoms with Crippen molar-refractivity contribution in [3.63, 3.8) is 0 Å². The van der Waals surface area contributed by atoms with Crippen molar-refractivity contribution in [2.45, 2.75) is 45.4 Å². The Hall–Kier alpha value is -1.20. The lowest BCUT2D eigenvalue weighted by Gasteiger charge is -2.15. The van der Waals surface area contributed by atoms with Crippen LogP contribution in [0.15, 0.2) is 12.3 Å². The van der Waals surface area contributed by atoms with Gasteiger partial charge in [0.1, 0.15) is 12.4 Å². The van der Waals surface area contributed by atoms with Gasteiger partial charge in [-0.1, -0.05) is 13.8 Å². The second kappa shape index (κ2) is 6.82. The number of rotatable bonds is 6. The fourth-order valence-electron chi connectivity index (χ4n) is 1.99. The van der Waals surface area contributed by atoms with E-state index in [9.17, 15) is 4.39 Å². The second-order valence-electron chi connectivity index (χ2n) is 5.10. The van der Waals surface area contributed by atoms with Gasteiger partial charge in [0.25, 0.3) is 0 Å². The van der Waals surface area contributed by atoms with Crippen LogP contribution in [0.5, 0.6) is 5.88 Å². The van der Waals surface area contributed by atoms with Crippen molar-refractivity contribution in [3.05, 3.63) is 23.6 Å². The Bertz CT molecular complexity index is 406. The average molecular weight is 268 g/mol. The van der Waals surface area contributed by atoms with Crippen molar-refractivity contribution < 1.29 is 13.9 Å². The van der Waals surface area contributed by atoms with E-state index in [0.29, 0.717) is 25.1 Å². The van der Waals surface area contributed by atoms with Gasteiger partial charge in [0.15, 0.2) is 0 Å². The summed E-state index contributed by atoms with van der Waals surface area (Å²) >= 11 is 0. The molecule has 5 heteroatoms. The standard InChI is InChI=1S/C14H21FN2O2/c1-10(2)16-7-11-6-12(15)8-17-14(11)19-9-13-4-3-5-18-13/h6,8,10,13,16H,3-5,7,9H2,1-2H3. The highest BCUT2D eigenvalue weighted by atomic mass is 19.1. The molecule has 19 heavy (non-hydrogen) atoms. The summed E-state index contributed by atoms with van der Waals surface area (Å²) in [5.74, 6) is 0.148. The molecule has 1 unspecified atom stereocenters. The highest BCUT2D eigenvalue weighted by molar-refractivity contribution is 5.26. The number of pyridine rings is 1. The Balaban J connectivity index is 1.96. The number of hydrogen-bond donors (Lipinski definition) is 1. The Kier molecular flexibility index (Phi) is 5.10. The molecule has 4 nitrogen and oxygen atoms in total. The summed E-state index contributed by atoms with van der Waals surface area (Å²) in [7, 11) is 0. The zero-order valence-corrected chi connectivity index (χ0v) is 11.5. The third-order valence-corrected chi connectivity index (χ3v) is 3.02. The summed E-state index contributed by atoms with van der Waals surface area (Å²) in [5.41, 5.74) is 0.742. The van der Waals surface area contributed by atoms with Gasteiger partial charge in [-0.25, -0.2) is 9.37 Å². The topological polar surface area (TPSA) is 43.4 Å². The molecule has 0 aromatic carbocycles. The largest absolute Gasteiger partial charge is 0.475 e. The van der Waals surface area contributed by atoms with Crippen LogP contribution in [0.4, 0.5) is 4.39 Å². The molecule has 2 rings (SSSR count). The highest BCUT2D eigenvalue weighted by Gasteiger charge is 2.17. The Labute approximate surface area is 113 Å². The monoisotopic (exact) mass is 268 g/mol. The molecule has 0 amide bonds. The molecule has 1 aliphatic heterocycles. The van der Waals surface area contributed by atoms with E-state index < -0.39 is 0 Å². The number of nitrogens with one attached hydrogen (secondary N) is 1. The van der Waals surface area contributed by atoms with E-state index in [4.69, 9.17) is 9.47 Å². The van der Waals surface area contributed by atoms with Crippen LogP contribution in [0.2, 0.25) is 0 Å². The van der Waals surface area contributed by atoms with E-state index in [1.807, 2.05) is 13.8 Å². The first kappa shape index (κ1) is 14.2. The molecule has 1 atom stereocenters. The van der Waals surface area contributed by atoms with Crippen LogP contribution in [0.25, 0.3) is 0 Å². The molecular formula is C14H21FN2O2. The molecule has 1 N–H and O–H groups in total. The number of ether oxygens (including phenoxy) is 2. The maximum absolute atomic E-state index is 13.2. The predicted molar refractivity (Wildman–Crippen MR) is 70.6 cm³/mol. The van der Waals surface area contributed by atoms with Crippen molar-refractivity contribution in [1.29, 1.82) is 0 Å². The van der Waals surface area contributed by atoms with Crippen LogP contribution in [0.3, 0.4) is 0 Å². The molecule has 1 aromatic heterocycles. The maximum atomic E-state index is 13.2. The van der Waals surface area contributed by atoms with Gasteiger partial charge in [-0.2, -0.15) is 0 Å². The molecule has 0 saturated carbocycles. The lowest BCUT2D eigenvalue weighted by atomic mass is 10.2. The zero-order valence-electron chi connectivity index (χ0n) is 11.5. The molecule has 1 aliphatic rings. The zero-order chi connectivity index (χ0) is 13.7. The molecular weight excluding hydrogens is 247 g/mol. The number of nitrogens with zero attached hydrogens (tertiary/aromatic N) is 1. The summed E-state index contributed by atoms with van der Waals surface area (Å²) in [6.07, 6.45) is 3.41. The fourth-order valence-corrected chi connectivity index (χ4v) is 1.99. The van der Waals surface area contributed by atoms with Gasteiger partial charge in [0.2, 0.25) is 5.88 Å². The van der Waals surface area contributed by atoms with Crippen molar-refractivity contribution in [1.82, 2.24) is 10.3 Å². The third kappa shape index (κ3) is 4.44. The Morgan fingerprint density at radius 2 is 2.42 bits per heavy atom. The van der Waals surface area contributed by atoms with E-state index in [0.717, 1.165) is 25.0 Å². The minimum atomic E-state index is -0.343. The van der Waals surface area contributed by atoms with Crippen LogP contribution in [-0.2, 0) is 11.3 Å². The van der Waals surface area contributed by atoms with Crippen molar-refractivity contribution in [2.75, 3.05) is 13.2 Å². The van der Waals surface area contributed by atoms with Crippen LogP contribution in [-0.4, -0.2) is 30.3 Å². The van der Waals surface area contributed by atoms with E-state index in [2.05, 4.69) is 10.3 Å². The van der Waals surface area contributed by atoms with Crippen LogP contribution >= 0.6 is 0 Å². The van der Waals surface area contributed by atoms with Crippen molar-refractivity contribution in [2.24, 2.45) is 0 Å². The molecule has 106 valence electrons.